The number of phenols is 1. The molecule has 0 fully saturated rings. The van der Waals surface area contributed by atoms with E-state index in [4.69, 9.17) is 0 Å². The first-order valence-corrected chi connectivity index (χ1v) is 6.06. The average Bonchev–Trinajstić information content (AvgIpc) is 2.33. The van der Waals surface area contributed by atoms with Gasteiger partial charge in [0.25, 0.3) is 0 Å². The Morgan fingerprint density at radius 1 is 1.18 bits per heavy atom. The summed E-state index contributed by atoms with van der Waals surface area (Å²) in [4.78, 5) is 13.9. The van der Waals surface area contributed by atoms with Crippen molar-refractivity contribution in [2.75, 3.05) is 0 Å². The van der Waals surface area contributed by atoms with E-state index in [1.54, 1.807) is 12.1 Å². The maximum atomic E-state index is 11.2. The highest BCUT2D eigenvalue weighted by molar-refractivity contribution is 5.87. The Labute approximate surface area is 100 Å². The summed E-state index contributed by atoms with van der Waals surface area (Å²) in [6, 6.07) is 6.88. The van der Waals surface area contributed by atoms with E-state index in [-0.39, 0.29) is 11.3 Å². The quantitative estimate of drug-likeness (QED) is 0.795. The lowest BCUT2D eigenvalue weighted by Crippen LogP contribution is -2.03. The molecule has 1 aromatic heterocycles. The number of phenolic OH excluding ortho intramolecular Hbond substituents is 1. The molecular formula is C14H17NO2. The first-order chi connectivity index (χ1) is 8.22. The van der Waals surface area contributed by atoms with E-state index in [2.05, 4.69) is 11.9 Å². The second-order valence-electron chi connectivity index (χ2n) is 4.31. The fraction of sp³-hybridized carbons (Fsp3) is 0.357. The molecule has 90 valence electrons. The van der Waals surface area contributed by atoms with Crippen molar-refractivity contribution in [3.05, 3.63) is 40.2 Å². The van der Waals surface area contributed by atoms with Crippen LogP contribution < -0.4 is 5.56 Å². The highest BCUT2D eigenvalue weighted by atomic mass is 16.3. The molecule has 0 radical (unpaired) electrons. The Balaban J connectivity index is 2.43. The zero-order valence-electron chi connectivity index (χ0n) is 9.99. The summed E-state index contributed by atoms with van der Waals surface area (Å²) in [5, 5.41) is 10.7. The van der Waals surface area contributed by atoms with Gasteiger partial charge < -0.3 is 10.1 Å². The number of aromatic nitrogens is 1. The lowest BCUT2D eigenvalue weighted by Gasteiger charge is -2.07. The molecule has 3 nitrogen and oxygen atoms in total. The van der Waals surface area contributed by atoms with Crippen molar-refractivity contribution in [3.8, 4) is 5.75 Å². The number of rotatable bonds is 4. The van der Waals surface area contributed by atoms with Crippen molar-refractivity contribution >= 4 is 10.9 Å². The molecule has 1 heterocycles. The molecule has 0 amide bonds. The maximum Gasteiger partial charge on any atom is 0.248 e. The number of unbranched alkanes of at least 4 members (excludes halogenated alkanes) is 2. The number of nitrogens with one attached hydrogen (secondary N) is 1. The van der Waals surface area contributed by atoms with Crippen molar-refractivity contribution in [1.29, 1.82) is 0 Å². The van der Waals surface area contributed by atoms with Gasteiger partial charge in [-0.3, -0.25) is 4.79 Å². The van der Waals surface area contributed by atoms with E-state index in [9.17, 15) is 9.90 Å². The smallest absolute Gasteiger partial charge is 0.248 e. The molecule has 0 bridgehead atoms. The number of aryl methyl sites for hydroxylation is 1. The van der Waals surface area contributed by atoms with Crippen LogP contribution in [0.1, 0.15) is 31.7 Å². The standard InChI is InChI=1S/C14H17NO2/c1-2-3-4-5-10-6-8-12(16)14-11(10)7-9-13(17)15-14/h6-9,16H,2-5H2,1H3,(H,15,17). The van der Waals surface area contributed by atoms with E-state index in [1.807, 2.05) is 6.07 Å². The molecule has 0 aliphatic rings. The summed E-state index contributed by atoms with van der Waals surface area (Å²) in [7, 11) is 0. The number of aromatic amines is 1. The van der Waals surface area contributed by atoms with Crippen LogP contribution in [-0.4, -0.2) is 10.1 Å². The van der Waals surface area contributed by atoms with Crippen molar-refractivity contribution in [2.24, 2.45) is 0 Å². The molecule has 2 rings (SSSR count). The fourth-order valence-corrected chi connectivity index (χ4v) is 2.08. The molecule has 0 spiro atoms. The molecule has 2 aromatic rings. The molecule has 0 aliphatic heterocycles. The lowest BCUT2D eigenvalue weighted by molar-refractivity contribution is 0.480. The molecule has 0 aliphatic carbocycles. The SMILES string of the molecule is CCCCCc1ccc(O)c2[nH]c(=O)ccc12. The minimum atomic E-state index is -0.182. The highest BCUT2D eigenvalue weighted by Gasteiger charge is 2.05. The predicted molar refractivity (Wildman–Crippen MR) is 69.5 cm³/mol. The van der Waals surface area contributed by atoms with Crippen LogP contribution in [0.4, 0.5) is 0 Å². The van der Waals surface area contributed by atoms with E-state index < -0.39 is 0 Å². The van der Waals surface area contributed by atoms with Gasteiger partial charge in [-0.1, -0.05) is 25.8 Å². The highest BCUT2D eigenvalue weighted by Crippen LogP contribution is 2.25. The summed E-state index contributed by atoms with van der Waals surface area (Å²) in [5.41, 5.74) is 1.55. The Morgan fingerprint density at radius 3 is 2.76 bits per heavy atom. The summed E-state index contributed by atoms with van der Waals surface area (Å²) >= 11 is 0. The zero-order valence-corrected chi connectivity index (χ0v) is 9.99. The third kappa shape index (κ3) is 2.49. The van der Waals surface area contributed by atoms with Gasteiger partial charge >= 0.3 is 0 Å². The van der Waals surface area contributed by atoms with Crippen LogP contribution in [0.2, 0.25) is 0 Å². The second kappa shape index (κ2) is 5.04. The summed E-state index contributed by atoms with van der Waals surface area (Å²) in [6.45, 7) is 2.17. The van der Waals surface area contributed by atoms with Crippen LogP contribution in [0.15, 0.2) is 29.1 Å². The molecule has 2 N–H and O–H groups in total. The molecule has 0 saturated carbocycles. The van der Waals surface area contributed by atoms with Crippen LogP contribution in [0, 0.1) is 0 Å². The Kier molecular flexibility index (Phi) is 3.47. The van der Waals surface area contributed by atoms with Gasteiger partial charge in [-0.05, 0) is 30.5 Å². The number of aromatic hydroxyl groups is 1. The van der Waals surface area contributed by atoms with Gasteiger partial charge in [0.2, 0.25) is 5.56 Å². The number of pyridine rings is 1. The summed E-state index contributed by atoms with van der Waals surface area (Å²) in [6.07, 6.45) is 4.50. The number of fused-ring (bicyclic) bond motifs is 1. The third-order valence-electron chi connectivity index (χ3n) is 3.01. The van der Waals surface area contributed by atoms with Gasteiger partial charge in [-0.15, -0.1) is 0 Å². The Morgan fingerprint density at radius 2 is 2.00 bits per heavy atom. The van der Waals surface area contributed by atoms with E-state index in [0.717, 1.165) is 18.2 Å². The number of benzene rings is 1. The number of H-pyrrole nitrogens is 1. The van der Waals surface area contributed by atoms with Crippen molar-refractivity contribution in [3.63, 3.8) is 0 Å². The largest absolute Gasteiger partial charge is 0.506 e. The molecule has 0 atom stereocenters. The van der Waals surface area contributed by atoms with E-state index in [0.29, 0.717) is 5.52 Å². The maximum absolute atomic E-state index is 11.2. The molecule has 1 aromatic carbocycles. The molecule has 3 heteroatoms. The van der Waals surface area contributed by atoms with E-state index in [1.165, 1.54) is 24.5 Å². The van der Waals surface area contributed by atoms with Gasteiger partial charge in [0.05, 0.1) is 5.52 Å². The minimum Gasteiger partial charge on any atom is -0.506 e. The molecule has 17 heavy (non-hydrogen) atoms. The first-order valence-electron chi connectivity index (χ1n) is 6.06. The fourth-order valence-electron chi connectivity index (χ4n) is 2.08. The van der Waals surface area contributed by atoms with Gasteiger partial charge in [-0.25, -0.2) is 0 Å². The predicted octanol–water partition coefficient (Wildman–Crippen LogP) is 2.97. The minimum absolute atomic E-state index is 0.136. The lowest BCUT2D eigenvalue weighted by atomic mass is 10.0. The van der Waals surface area contributed by atoms with Crippen molar-refractivity contribution in [1.82, 2.24) is 4.98 Å². The topological polar surface area (TPSA) is 53.1 Å². The Bertz CT molecular complexity index is 572. The monoisotopic (exact) mass is 231 g/mol. The van der Waals surface area contributed by atoms with Crippen molar-refractivity contribution in [2.45, 2.75) is 32.6 Å². The molecule has 0 saturated heterocycles. The average molecular weight is 231 g/mol. The normalized spacial score (nSPS) is 10.9. The van der Waals surface area contributed by atoms with Gasteiger partial charge in [-0.2, -0.15) is 0 Å². The third-order valence-corrected chi connectivity index (χ3v) is 3.01. The van der Waals surface area contributed by atoms with Gasteiger partial charge in [0.15, 0.2) is 0 Å². The van der Waals surface area contributed by atoms with Crippen LogP contribution in [0.25, 0.3) is 10.9 Å². The van der Waals surface area contributed by atoms with Crippen LogP contribution in [-0.2, 0) is 6.42 Å². The van der Waals surface area contributed by atoms with Crippen molar-refractivity contribution < 1.29 is 5.11 Å². The van der Waals surface area contributed by atoms with Gasteiger partial charge in [0.1, 0.15) is 5.75 Å². The molecular weight excluding hydrogens is 214 g/mol. The molecule has 0 unspecified atom stereocenters. The number of hydrogen-bond acceptors (Lipinski definition) is 2. The van der Waals surface area contributed by atoms with Crippen LogP contribution in [0.5, 0.6) is 5.75 Å². The summed E-state index contributed by atoms with van der Waals surface area (Å²) < 4.78 is 0. The first kappa shape index (κ1) is 11.7. The Hall–Kier alpha value is -1.77. The number of hydrogen-bond donors (Lipinski definition) is 2. The van der Waals surface area contributed by atoms with Crippen LogP contribution >= 0.6 is 0 Å². The summed E-state index contributed by atoms with van der Waals surface area (Å²) in [5.74, 6) is 0.136. The van der Waals surface area contributed by atoms with Crippen LogP contribution in [0.3, 0.4) is 0 Å². The zero-order chi connectivity index (χ0) is 12.3. The van der Waals surface area contributed by atoms with Gasteiger partial charge in [0, 0.05) is 11.5 Å². The van der Waals surface area contributed by atoms with E-state index >= 15 is 0 Å². The second-order valence-corrected chi connectivity index (χ2v) is 4.31.